The second kappa shape index (κ2) is 8.15. The molecule has 0 saturated heterocycles. The van der Waals surface area contributed by atoms with Gasteiger partial charge in [-0.05, 0) is 79.5 Å². The number of hydrogen-bond donors (Lipinski definition) is 0. The number of aryl methyl sites for hydroxylation is 1. The number of allylic oxidation sites excluding steroid dienone is 1. The van der Waals surface area contributed by atoms with Crippen molar-refractivity contribution in [2.45, 2.75) is 56.9 Å². The summed E-state index contributed by atoms with van der Waals surface area (Å²) in [7, 11) is -4.58. The molecule has 9 heteroatoms. The molecule has 1 aromatic rings. The van der Waals surface area contributed by atoms with E-state index >= 15 is 0 Å². The third-order valence-corrected chi connectivity index (χ3v) is 7.76. The van der Waals surface area contributed by atoms with E-state index in [9.17, 15) is 26.4 Å². The summed E-state index contributed by atoms with van der Waals surface area (Å²) < 4.78 is 73.1. The minimum atomic E-state index is -5.82. The van der Waals surface area contributed by atoms with Crippen LogP contribution in [0.25, 0.3) is 5.76 Å². The van der Waals surface area contributed by atoms with Crippen molar-refractivity contribution in [2.24, 2.45) is 17.8 Å². The summed E-state index contributed by atoms with van der Waals surface area (Å²) in [6.07, 6.45) is 6.67. The zero-order chi connectivity index (χ0) is 22.4. The van der Waals surface area contributed by atoms with Crippen LogP contribution in [0.4, 0.5) is 13.2 Å². The van der Waals surface area contributed by atoms with Crippen molar-refractivity contribution in [1.29, 1.82) is 0 Å². The van der Waals surface area contributed by atoms with E-state index in [1.165, 1.54) is 19.2 Å². The maximum atomic E-state index is 13.2. The van der Waals surface area contributed by atoms with Crippen molar-refractivity contribution in [1.82, 2.24) is 0 Å². The van der Waals surface area contributed by atoms with Crippen LogP contribution in [0, 0.1) is 17.8 Å². The molecule has 2 atom stereocenters. The van der Waals surface area contributed by atoms with Crippen molar-refractivity contribution in [3.05, 3.63) is 40.5 Å². The molecule has 0 spiro atoms. The molecule has 0 aromatic heterocycles. The number of fused-ring (bicyclic) bond motifs is 3. The van der Waals surface area contributed by atoms with Gasteiger partial charge in [0.25, 0.3) is 0 Å². The van der Waals surface area contributed by atoms with Crippen LogP contribution in [0.2, 0.25) is 0 Å². The van der Waals surface area contributed by atoms with Crippen LogP contribution in [0.1, 0.15) is 66.4 Å². The summed E-state index contributed by atoms with van der Waals surface area (Å²) in [4.78, 5) is 11.9. The first-order valence-electron chi connectivity index (χ1n) is 10.5. The molecule has 31 heavy (non-hydrogen) atoms. The Hall–Kier alpha value is -2.03. The van der Waals surface area contributed by atoms with E-state index in [0.717, 1.165) is 32.1 Å². The van der Waals surface area contributed by atoms with Gasteiger partial charge in [0.2, 0.25) is 0 Å². The minimum absolute atomic E-state index is 0.0101. The number of rotatable bonds is 4. The second-order valence-corrected chi connectivity index (χ2v) is 10.3. The number of esters is 1. The van der Waals surface area contributed by atoms with E-state index in [2.05, 4.69) is 0 Å². The first-order chi connectivity index (χ1) is 14.6. The quantitative estimate of drug-likeness (QED) is 0.352. The predicted octanol–water partition coefficient (Wildman–Crippen LogP) is 5.21. The highest BCUT2D eigenvalue weighted by Gasteiger charge is 2.50. The van der Waals surface area contributed by atoms with E-state index in [4.69, 9.17) is 8.92 Å². The van der Waals surface area contributed by atoms with E-state index in [0.29, 0.717) is 47.8 Å². The number of hydrogen-bond acceptors (Lipinski definition) is 5. The van der Waals surface area contributed by atoms with Crippen molar-refractivity contribution in [3.8, 4) is 0 Å². The Morgan fingerprint density at radius 1 is 1.06 bits per heavy atom. The van der Waals surface area contributed by atoms with Gasteiger partial charge in [-0.3, -0.25) is 0 Å². The van der Waals surface area contributed by atoms with Crippen LogP contribution in [-0.4, -0.2) is 27.0 Å². The first kappa shape index (κ1) is 22.2. The highest BCUT2D eigenvalue weighted by molar-refractivity contribution is 7.87. The third-order valence-electron chi connectivity index (χ3n) is 6.81. The fraction of sp³-hybridized carbons (Fsp3) is 0.591. The molecule has 0 radical (unpaired) electrons. The molecule has 1 aromatic carbocycles. The number of carbonyl (C=O) groups is 1. The molecule has 0 N–H and O–H groups in total. The highest BCUT2D eigenvalue weighted by Crippen LogP contribution is 2.50. The van der Waals surface area contributed by atoms with Gasteiger partial charge in [-0.15, -0.1) is 0 Å². The number of benzene rings is 1. The maximum Gasteiger partial charge on any atom is 0.534 e. The van der Waals surface area contributed by atoms with Crippen LogP contribution in [-0.2, 0) is 25.5 Å². The standard InChI is InChI=1S/C22H25F3O5S/c1-29-21(26)16-7-8-19-15(12-16)3-2-4-18(17-10-13-5-6-14(9-13)11-17)20(19)30-31(27,28)22(23,24)25/h7-8,12-14,17H,2-6,9-11H2,1H3. The first-order valence-corrected chi connectivity index (χ1v) is 11.9. The molecule has 0 aliphatic heterocycles. The normalized spacial score (nSPS) is 26.3. The Kier molecular flexibility index (Phi) is 5.83. The molecule has 0 heterocycles. The van der Waals surface area contributed by atoms with Crippen LogP contribution in [0.5, 0.6) is 0 Å². The molecule has 170 valence electrons. The molecule has 2 saturated carbocycles. The van der Waals surface area contributed by atoms with E-state index in [1.54, 1.807) is 6.07 Å². The fourth-order valence-electron chi connectivity index (χ4n) is 5.46. The van der Waals surface area contributed by atoms with Gasteiger partial charge < -0.3 is 8.92 Å². The van der Waals surface area contributed by atoms with Gasteiger partial charge >= 0.3 is 21.6 Å². The number of ether oxygens (including phenoxy) is 1. The Morgan fingerprint density at radius 3 is 2.35 bits per heavy atom. The van der Waals surface area contributed by atoms with Gasteiger partial charge in [-0.2, -0.15) is 21.6 Å². The topological polar surface area (TPSA) is 69.7 Å². The van der Waals surface area contributed by atoms with Gasteiger partial charge in [-0.1, -0.05) is 18.9 Å². The minimum Gasteiger partial charge on any atom is -0.465 e. The molecule has 2 fully saturated rings. The monoisotopic (exact) mass is 458 g/mol. The van der Waals surface area contributed by atoms with Crippen molar-refractivity contribution in [2.75, 3.05) is 7.11 Å². The van der Waals surface area contributed by atoms with Crippen LogP contribution < -0.4 is 0 Å². The predicted molar refractivity (Wildman–Crippen MR) is 107 cm³/mol. The molecule has 3 aliphatic rings. The zero-order valence-corrected chi connectivity index (χ0v) is 18.0. The number of alkyl halides is 3. The number of methoxy groups -OCH3 is 1. The Bertz CT molecular complexity index is 1000. The summed E-state index contributed by atoms with van der Waals surface area (Å²) in [6, 6.07) is 4.46. The lowest BCUT2D eigenvalue weighted by Gasteiger charge is -2.31. The van der Waals surface area contributed by atoms with Gasteiger partial charge in [-0.25, -0.2) is 4.79 Å². The molecule has 2 unspecified atom stereocenters. The molecule has 0 amide bonds. The average Bonchev–Trinajstić information content (AvgIpc) is 2.95. The lowest BCUT2D eigenvalue weighted by Crippen LogP contribution is -2.26. The number of carbonyl (C=O) groups excluding carboxylic acids is 1. The summed E-state index contributed by atoms with van der Waals surface area (Å²) in [5, 5.41) is 0. The Balaban J connectivity index is 1.82. The van der Waals surface area contributed by atoms with E-state index in [-0.39, 0.29) is 17.2 Å². The third kappa shape index (κ3) is 4.33. The summed E-state index contributed by atoms with van der Waals surface area (Å²) in [6.45, 7) is 0. The Morgan fingerprint density at radius 2 is 1.74 bits per heavy atom. The zero-order valence-electron chi connectivity index (χ0n) is 17.2. The molecule has 3 aliphatic carbocycles. The molecular formula is C22H25F3O5S. The average molecular weight is 458 g/mol. The molecule has 2 bridgehead atoms. The van der Waals surface area contributed by atoms with E-state index < -0.39 is 21.6 Å². The summed E-state index contributed by atoms with van der Waals surface area (Å²) >= 11 is 0. The van der Waals surface area contributed by atoms with Crippen LogP contribution in [0.3, 0.4) is 0 Å². The van der Waals surface area contributed by atoms with Crippen molar-refractivity contribution < 1.29 is 35.3 Å². The van der Waals surface area contributed by atoms with Crippen LogP contribution in [0.15, 0.2) is 23.8 Å². The highest BCUT2D eigenvalue weighted by atomic mass is 32.2. The fourth-order valence-corrected chi connectivity index (χ4v) is 5.97. The summed E-state index contributed by atoms with van der Waals surface area (Å²) in [5.74, 6) is 0.302. The van der Waals surface area contributed by atoms with Crippen molar-refractivity contribution >= 4 is 21.8 Å². The summed E-state index contributed by atoms with van der Waals surface area (Å²) in [5.41, 5.74) is -3.70. The van der Waals surface area contributed by atoms with Gasteiger partial charge in [0, 0.05) is 5.56 Å². The lowest BCUT2D eigenvalue weighted by molar-refractivity contribution is -0.0510. The Labute approximate surface area is 179 Å². The van der Waals surface area contributed by atoms with Crippen LogP contribution >= 0.6 is 0 Å². The maximum absolute atomic E-state index is 13.2. The van der Waals surface area contributed by atoms with Gasteiger partial charge in [0.15, 0.2) is 0 Å². The smallest absolute Gasteiger partial charge is 0.465 e. The van der Waals surface area contributed by atoms with Crippen molar-refractivity contribution in [3.63, 3.8) is 0 Å². The largest absolute Gasteiger partial charge is 0.534 e. The lowest BCUT2D eigenvalue weighted by atomic mass is 9.75. The van der Waals surface area contributed by atoms with Gasteiger partial charge in [0.1, 0.15) is 5.76 Å². The van der Waals surface area contributed by atoms with E-state index in [1.807, 2.05) is 0 Å². The molecule has 5 nitrogen and oxygen atoms in total. The molecular weight excluding hydrogens is 433 g/mol. The second-order valence-electron chi connectivity index (χ2n) is 8.77. The van der Waals surface area contributed by atoms with Gasteiger partial charge in [0.05, 0.1) is 12.7 Å². The SMILES string of the molecule is COC(=O)c1ccc2c(c1)CCCC(C1CC3CCC(C3)C1)=C2OS(=O)(=O)C(F)(F)F. The number of halogens is 3. The molecule has 4 rings (SSSR count).